The number of nitrogens with zero attached hydrogens (tertiary/aromatic N) is 3. The van der Waals surface area contributed by atoms with Crippen LogP contribution in [0.3, 0.4) is 0 Å². The molecule has 48 heavy (non-hydrogen) atoms. The van der Waals surface area contributed by atoms with Crippen LogP contribution < -0.4 is 0 Å². The molecule has 0 bridgehead atoms. The van der Waals surface area contributed by atoms with Gasteiger partial charge >= 0.3 is 0 Å². The Morgan fingerprint density at radius 3 is 2.38 bits per heavy atom. The molecule has 2 heterocycles. The molecule has 5 aliphatic carbocycles. The summed E-state index contributed by atoms with van der Waals surface area (Å²) in [6, 6.07) is 11.1. The summed E-state index contributed by atoms with van der Waals surface area (Å²) in [5.41, 5.74) is 15.0. The molecule has 3 heteroatoms. The van der Waals surface area contributed by atoms with E-state index < -0.39 is 0 Å². The summed E-state index contributed by atoms with van der Waals surface area (Å²) in [4.78, 5) is 15.7. The standard InChI is InChI=1S/C45H43N3/c1-30-13-9-10-18-38(30)43-31(2)44(46-40-20-12-11-19-39(40)43)36-27-25-35(26-28-36)42-29-41(47-45(48-42)37-16-7-4-8-17-37)34-23-21-33(22-24-34)32-14-5-3-6-15-32/h3,5-7,9-14,16-18,20-23,25,27,29,32,34,39H,4,8,15,19,24,26,28H2,1-2H3. The van der Waals surface area contributed by atoms with Gasteiger partial charge in [0.1, 0.15) is 0 Å². The number of dihydropyridines is 1. The van der Waals surface area contributed by atoms with Gasteiger partial charge < -0.3 is 0 Å². The summed E-state index contributed by atoms with van der Waals surface area (Å²) in [5.74, 6) is 1.88. The van der Waals surface area contributed by atoms with Gasteiger partial charge in [-0.2, -0.15) is 0 Å². The highest BCUT2D eigenvalue weighted by atomic mass is 14.9. The van der Waals surface area contributed by atoms with Gasteiger partial charge in [0.2, 0.25) is 0 Å². The minimum absolute atomic E-state index is 0.246. The number of fused-ring (bicyclic) bond motifs is 1. The first-order chi connectivity index (χ1) is 23.6. The lowest BCUT2D eigenvalue weighted by atomic mass is 9.76. The first-order valence-electron chi connectivity index (χ1n) is 17.7. The molecule has 0 saturated heterocycles. The molecule has 0 radical (unpaired) electrons. The van der Waals surface area contributed by atoms with Crippen molar-refractivity contribution in [3.05, 3.63) is 172 Å². The van der Waals surface area contributed by atoms with Crippen molar-refractivity contribution in [2.75, 3.05) is 0 Å². The van der Waals surface area contributed by atoms with Gasteiger partial charge in [0, 0.05) is 29.0 Å². The summed E-state index contributed by atoms with van der Waals surface area (Å²) in [5, 5.41) is 0. The third-order valence-electron chi connectivity index (χ3n) is 10.6. The van der Waals surface area contributed by atoms with Crippen molar-refractivity contribution in [3.63, 3.8) is 0 Å². The Hall–Kier alpha value is -4.89. The number of hydrogen-bond acceptors (Lipinski definition) is 3. The number of aryl methyl sites for hydroxylation is 1. The topological polar surface area (TPSA) is 38.1 Å². The maximum absolute atomic E-state index is 5.31. The molecular weight excluding hydrogens is 583 g/mol. The number of aliphatic imine (C=N–C) groups is 1. The van der Waals surface area contributed by atoms with Gasteiger partial charge in [-0.15, -0.1) is 0 Å². The zero-order valence-corrected chi connectivity index (χ0v) is 28.1. The van der Waals surface area contributed by atoms with E-state index in [1.807, 2.05) is 0 Å². The van der Waals surface area contributed by atoms with Crippen LogP contribution in [0.2, 0.25) is 0 Å². The van der Waals surface area contributed by atoms with Gasteiger partial charge in [0.05, 0.1) is 17.1 Å². The van der Waals surface area contributed by atoms with Crippen LogP contribution in [-0.4, -0.2) is 15.7 Å². The normalized spacial score (nSPS) is 24.8. The average Bonchev–Trinajstić information content (AvgIpc) is 3.16. The van der Waals surface area contributed by atoms with Gasteiger partial charge in [0.15, 0.2) is 5.82 Å². The van der Waals surface area contributed by atoms with Gasteiger partial charge in [-0.05, 0) is 110 Å². The molecule has 6 aliphatic rings. The molecule has 1 aliphatic heterocycles. The molecule has 0 amide bonds. The summed E-state index contributed by atoms with van der Waals surface area (Å²) in [6.07, 6.45) is 41.0. The van der Waals surface area contributed by atoms with E-state index >= 15 is 0 Å². The Labute approximate surface area is 285 Å². The van der Waals surface area contributed by atoms with E-state index in [2.05, 4.69) is 135 Å². The van der Waals surface area contributed by atoms with Crippen molar-refractivity contribution < 1.29 is 0 Å². The third-order valence-corrected chi connectivity index (χ3v) is 10.6. The predicted octanol–water partition coefficient (Wildman–Crippen LogP) is 11.1. The van der Waals surface area contributed by atoms with E-state index in [0.29, 0.717) is 11.8 Å². The summed E-state index contributed by atoms with van der Waals surface area (Å²) < 4.78 is 0. The molecule has 3 unspecified atom stereocenters. The van der Waals surface area contributed by atoms with Crippen molar-refractivity contribution in [1.29, 1.82) is 0 Å². The van der Waals surface area contributed by atoms with Gasteiger partial charge in [0.25, 0.3) is 0 Å². The van der Waals surface area contributed by atoms with E-state index in [-0.39, 0.29) is 5.92 Å². The highest BCUT2D eigenvalue weighted by Crippen LogP contribution is 2.44. The molecule has 1 aromatic carbocycles. The van der Waals surface area contributed by atoms with Crippen molar-refractivity contribution in [1.82, 2.24) is 9.97 Å². The molecule has 238 valence electrons. The molecule has 0 N–H and O–H groups in total. The first kappa shape index (κ1) is 30.4. The Balaban J connectivity index is 1.13. The lowest BCUT2D eigenvalue weighted by Gasteiger charge is -2.32. The average molecular weight is 626 g/mol. The lowest BCUT2D eigenvalue weighted by molar-refractivity contribution is 0.738. The number of allylic oxidation sites excluding steroid dienone is 21. The molecule has 0 spiro atoms. The highest BCUT2D eigenvalue weighted by Gasteiger charge is 2.31. The van der Waals surface area contributed by atoms with Crippen molar-refractivity contribution >= 4 is 22.4 Å². The van der Waals surface area contributed by atoms with Crippen LogP contribution in [0.5, 0.6) is 0 Å². The Kier molecular flexibility index (Phi) is 8.44. The predicted molar refractivity (Wildman–Crippen MR) is 201 cm³/mol. The maximum atomic E-state index is 5.31. The summed E-state index contributed by atoms with van der Waals surface area (Å²) >= 11 is 0. The van der Waals surface area contributed by atoms with Crippen LogP contribution in [0.25, 0.3) is 16.7 Å². The third kappa shape index (κ3) is 5.99. The van der Waals surface area contributed by atoms with Crippen LogP contribution in [-0.2, 0) is 0 Å². The van der Waals surface area contributed by atoms with E-state index in [4.69, 9.17) is 15.0 Å². The molecule has 0 saturated carbocycles. The maximum Gasteiger partial charge on any atom is 0.159 e. The Bertz CT molecular complexity index is 2030. The number of benzene rings is 1. The van der Waals surface area contributed by atoms with Gasteiger partial charge in [-0.25, -0.2) is 9.97 Å². The Morgan fingerprint density at radius 1 is 0.729 bits per heavy atom. The van der Waals surface area contributed by atoms with Crippen LogP contribution in [0.1, 0.15) is 86.1 Å². The fourth-order valence-electron chi connectivity index (χ4n) is 7.91. The van der Waals surface area contributed by atoms with Crippen LogP contribution in [0.15, 0.2) is 149 Å². The molecule has 0 fully saturated rings. The zero-order chi connectivity index (χ0) is 32.5. The van der Waals surface area contributed by atoms with E-state index in [1.54, 1.807) is 0 Å². The monoisotopic (exact) mass is 625 g/mol. The Morgan fingerprint density at radius 2 is 1.60 bits per heavy atom. The lowest BCUT2D eigenvalue weighted by Crippen LogP contribution is -2.21. The number of hydrogen-bond donors (Lipinski definition) is 0. The van der Waals surface area contributed by atoms with E-state index in [9.17, 15) is 0 Å². The van der Waals surface area contributed by atoms with Gasteiger partial charge in [-0.1, -0.05) is 109 Å². The van der Waals surface area contributed by atoms with Crippen molar-refractivity contribution in [3.8, 4) is 0 Å². The van der Waals surface area contributed by atoms with Crippen LogP contribution in [0.4, 0.5) is 0 Å². The van der Waals surface area contributed by atoms with E-state index in [0.717, 1.165) is 73.4 Å². The van der Waals surface area contributed by atoms with Crippen molar-refractivity contribution in [2.24, 2.45) is 16.8 Å². The molecule has 3 atom stereocenters. The van der Waals surface area contributed by atoms with Crippen molar-refractivity contribution in [2.45, 2.75) is 64.7 Å². The molecule has 3 nitrogen and oxygen atoms in total. The summed E-state index contributed by atoms with van der Waals surface area (Å²) in [6.45, 7) is 4.51. The minimum Gasteiger partial charge on any atom is -0.252 e. The smallest absolute Gasteiger partial charge is 0.159 e. The summed E-state index contributed by atoms with van der Waals surface area (Å²) in [7, 11) is 0. The zero-order valence-electron chi connectivity index (χ0n) is 28.1. The quantitative estimate of drug-likeness (QED) is 0.320. The largest absolute Gasteiger partial charge is 0.252 e. The number of aromatic nitrogens is 2. The second-order valence-electron chi connectivity index (χ2n) is 13.7. The molecule has 2 aromatic rings. The fourth-order valence-corrected chi connectivity index (χ4v) is 7.91. The van der Waals surface area contributed by atoms with Crippen LogP contribution >= 0.6 is 0 Å². The van der Waals surface area contributed by atoms with Crippen LogP contribution in [0, 0.1) is 18.8 Å². The second kappa shape index (κ2) is 13.3. The van der Waals surface area contributed by atoms with E-state index in [1.165, 1.54) is 44.7 Å². The first-order valence-corrected chi connectivity index (χ1v) is 17.7. The number of rotatable bonds is 6. The fraction of sp³-hybridized carbons (Fsp3) is 0.267. The second-order valence-corrected chi connectivity index (χ2v) is 13.7. The molecular formula is C45H43N3. The minimum atomic E-state index is 0.246. The molecule has 8 rings (SSSR count). The SMILES string of the molecule is CC1=C(c2ccccc2C)C2CC=CC=C2N=C1C1=CC=C(c2cc(C3C=CC(C4C=CC=CC4)=CC3)nc(C3=CCCC=C3)n2)CC1. The molecule has 1 aromatic heterocycles. The highest BCUT2D eigenvalue weighted by molar-refractivity contribution is 6.18. The van der Waals surface area contributed by atoms with Gasteiger partial charge in [-0.3, -0.25) is 4.99 Å².